The molecule has 20 heavy (non-hydrogen) atoms. The van der Waals surface area contributed by atoms with Gasteiger partial charge in [-0.2, -0.15) is 0 Å². The summed E-state index contributed by atoms with van der Waals surface area (Å²) in [5, 5.41) is 15.3. The van der Waals surface area contributed by atoms with Gasteiger partial charge in [-0.25, -0.2) is 4.79 Å². The molecule has 0 aliphatic rings. The van der Waals surface area contributed by atoms with Crippen molar-refractivity contribution in [3.8, 4) is 0 Å². The number of carboxylic acid groups (broad SMARTS) is 1. The van der Waals surface area contributed by atoms with Crippen molar-refractivity contribution in [2.75, 3.05) is 0 Å². The van der Waals surface area contributed by atoms with E-state index < -0.39 is 17.9 Å². The molecule has 0 aliphatic carbocycles. The Labute approximate surface area is 115 Å². The van der Waals surface area contributed by atoms with E-state index in [2.05, 4.69) is 15.0 Å². The molecular weight excluding hydrogens is 260 g/mol. The van der Waals surface area contributed by atoms with Gasteiger partial charge in [-0.15, -0.1) is 0 Å². The second-order valence-electron chi connectivity index (χ2n) is 4.32. The fourth-order valence-electron chi connectivity index (χ4n) is 1.79. The van der Waals surface area contributed by atoms with E-state index in [4.69, 9.17) is 5.11 Å². The number of aliphatic carboxylic acids is 1. The maximum Gasteiger partial charge on any atom is 0.326 e. The zero-order valence-corrected chi connectivity index (χ0v) is 10.7. The quantitative estimate of drug-likeness (QED) is 0.820. The summed E-state index contributed by atoms with van der Waals surface area (Å²) < 4.78 is 4.62. The number of aromatic nitrogens is 1. The van der Waals surface area contributed by atoms with Crippen LogP contribution < -0.4 is 5.32 Å². The predicted octanol–water partition coefficient (Wildman–Crippen LogP) is 1.03. The highest BCUT2D eigenvalue weighted by molar-refractivity contribution is 5.84. The number of hydrogen-bond acceptors (Lipinski definition) is 4. The highest BCUT2D eigenvalue weighted by Gasteiger charge is 2.20. The van der Waals surface area contributed by atoms with Crippen LogP contribution in [-0.2, 0) is 22.4 Å². The van der Waals surface area contributed by atoms with Crippen molar-refractivity contribution in [2.45, 2.75) is 18.9 Å². The smallest absolute Gasteiger partial charge is 0.326 e. The summed E-state index contributed by atoms with van der Waals surface area (Å²) in [6.07, 6.45) is 1.59. The van der Waals surface area contributed by atoms with E-state index in [1.54, 1.807) is 6.07 Å². The Morgan fingerprint density at radius 2 is 2.00 bits per heavy atom. The molecule has 1 aromatic heterocycles. The van der Waals surface area contributed by atoms with E-state index in [1.807, 2.05) is 30.3 Å². The average Bonchev–Trinajstić information content (AvgIpc) is 2.92. The summed E-state index contributed by atoms with van der Waals surface area (Å²) >= 11 is 0. The molecule has 1 heterocycles. The summed E-state index contributed by atoms with van der Waals surface area (Å²) in [4.78, 5) is 23.0. The first-order valence-corrected chi connectivity index (χ1v) is 6.10. The van der Waals surface area contributed by atoms with Crippen molar-refractivity contribution in [2.24, 2.45) is 0 Å². The third-order valence-corrected chi connectivity index (χ3v) is 2.75. The molecule has 2 aromatic rings. The fourth-order valence-corrected chi connectivity index (χ4v) is 1.79. The topological polar surface area (TPSA) is 92.4 Å². The molecule has 2 N–H and O–H groups in total. The highest BCUT2D eigenvalue weighted by Crippen LogP contribution is 2.04. The average molecular weight is 274 g/mol. The zero-order valence-electron chi connectivity index (χ0n) is 10.7. The Balaban J connectivity index is 1.95. The molecule has 2 rings (SSSR count). The Kier molecular flexibility index (Phi) is 4.49. The number of carbonyl (C=O) groups excluding carboxylic acids is 1. The molecule has 0 aliphatic heterocycles. The van der Waals surface area contributed by atoms with Crippen molar-refractivity contribution in [1.82, 2.24) is 10.5 Å². The first-order valence-electron chi connectivity index (χ1n) is 6.10. The monoisotopic (exact) mass is 274 g/mol. The van der Waals surface area contributed by atoms with Gasteiger partial charge in [0.15, 0.2) is 0 Å². The number of amides is 1. The first kappa shape index (κ1) is 13.8. The van der Waals surface area contributed by atoms with Crippen LogP contribution in [0.15, 0.2) is 47.2 Å². The third-order valence-electron chi connectivity index (χ3n) is 2.75. The molecule has 0 bridgehead atoms. The van der Waals surface area contributed by atoms with E-state index in [0.717, 1.165) is 5.56 Å². The van der Waals surface area contributed by atoms with Gasteiger partial charge in [0.2, 0.25) is 5.91 Å². The Bertz CT molecular complexity index is 566. The molecule has 6 heteroatoms. The maximum absolute atomic E-state index is 11.8. The molecule has 0 saturated heterocycles. The second-order valence-corrected chi connectivity index (χ2v) is 4.32. The van der Waals surface area contributed by atoms with E-state index >= 15 is 0 Å². The summed E-state index contributed by atoms with van der Waals surface area (Å²) in [6.45, 7) is 0. The zero-order chi connectivity index (χ0) is 14.4. The summed E-state index contributed by atoms with van der Waals surface area (Å²) in [5.41, 5.74) is 1.31. The van der Waals surface area contributed by atoms with Crippen molar-refractivity contribution in [3.63, 3.8) is 0 Å². The standard InChI is InChI=1S/C14H14N2O4/c17-13(9-11-6-7-20-16-11)15-12(14(18)19)8-10-4-2-1-3-5-10/h1-7,12H,8-9H2,(H,15,17)(H,18,19)/t12-/m0/s1. The van der Waals surface area contributed by atoms with Crippen LogP contribution in [0.4, 0.5) is 0 Å². The van der Waals surface area contributed by atoms with Gasteiger partial charge in [-0.3, -0.25) is 4.79 Å². The maximum atomic E-state index is 11.8. The van der Waals surface area contributed by atoms with Gasteiger partial charge >= 0.3 is 5.97 Å². The van der Waals surface area contributed by atoms with Crippen LogP contribution >= 0.6 is 0 Å². The van der Waals surface area contributed by atoms with Crippen molar-refractivity contribution < 1.29 is 19.2 Å². The number of carboxylic acids is 1. The van der Waals surface area contributed by atoms with Crippen LogP contribution in [0.1, 0.15) is 11.3 Å². The summed E-state index contributed by atoms with van der Waals surface area (Å²) in [5.74, 6) is -1.47. The molecule has 0 saturated carbocycles. The molecule has 1 amide bonds. The van der Waals surface area contributed by atoms with Gasteiger partial charge in [-0.1, -0.05) is 35.5 Å². The van der Waals surface area contributed by atoms with Crippen molar-refractivity contribution >= 4 is 11.9 Å². The fraction of sp³-hybridized carbons (Fsp3) is 0.214. The molecule has 1 atom stereocenters. The van der Waals surface area contributed by atoms with Gasteiger partial charge in [0, 0.05) is 12.5 Å². The molecule has 0 radical (unpaired) electrons. The highest BCUT2D eigenvalue weighted by atomic mass is 16.5. The van der Waals surface area contributed by atoms with Crippen LogP contribution in [-0.4, -0.2) is 28.2 Å². The van der Waals surface area contributed by atoms with Crippen LogP contribution in [0.3, 0.4) is 0 Å². The van der Waals surface area contributed by atoms with Crippen LogP contribution in [0.25, 0.3) is 0 Å². The van der Waals surface area contributed by atoms with Crippen molar-refractivity contribution in [3.05, 3.63) is 53.9 Å². The molecule has 1 aromatic carbocycles. The number of hydrogen-bond donors (Lipinski definition) is 2. The second kappa shape index (κ2) is 6.51. The molecule has 0 spiro atoms. The number of carbonyl (C=O) groups is 2. The number of benzene rings is 1. The molecule has 0 fully saturated rings. The third kappa shape index (κ3) is 3.94. The lowest BCUT2D eigenvalue weighted by Gasteiger charge is -2.14. The molecule has 6 nitrogen and oxygen atoms in total. The van der Waals surface area contributed by atoms with E-state index in [-0.39, 0.29) is 12.8 Å². The van der Waals surface area contributed by atoms with Crippen LogP contribution in [0, 0.1) is 0 Å². The normalized spacial score (nSPS) is 11.8. The van der Waals surface area contributed by atoms with Gasteiger partial charge in [0.05, 0.1) is 12.1 Å². The number of nitrogens with zero attached hydrogens (tertiary/aromatic N) is 1. The largest absolute Gasteiger partial charge is 0.480 e. The molecular formula is C14H14N2O4. The van der Waals surface area contributed by atoms with Crippen molar-refractivity contribution in [1.29, 1.82) is 0 Å². The van der Waals surface area contributed by atoms with Gasteiger partial charge in [0.25, 0.3) is 0 Å². The Morgan fingerprint density at radius 3 is 2.60 bits per heavy atom. The lowest BCUT2D eigenvalue weighted by atomic mass is 10.1. The SMILES string of the molecule is O=C(Cc1ccon1)N[C@@H](Cc1ccccc1)C(=O)O. The molecule has 104 valence electrons. The lowest BCUT2D eigenvalue weighted by Crippen LogP contribution is -2.43. The van der Waals surface area contributed by atoms with E-state index in [0.29, 0.717) is 5.69 Å². The van der Waals surface area contributed by atoms with Crippen LogP contribution in [0.2, 0.25) is 0 Å². The van der Waals surface area contributed by atoms with E-state index in [9.17, 15) is 9.59 Å². The number of rotatable bonds is 6. The number of nitrogens with one attached hydrogen (secondary N) is 1. The first-order chi connectivity index (χ1) is 9.65. The minimum Gasteiger partial charge on any atom is -0.480 e. The Morgan fingerprint density at radius 1 is 1.25 bits per heavy atom. The van der Waals surface area contributed by atoms with Gasteiger partial charge in [0.1, 0.15) is 12.3 Å². The molecule has 0 unspecified atom stereocenters. The van der Waals surface area contributed by atoms with Gasteiger partial charge < -0.3 is 14.9 Å². The van der Waals surface area contributed by atoms with Gasteiger partial charge in [-0.05, 0) is 5.56 Å². The minimum atomic E-state index is -1.07. The van der Waals surface area contributed by atoms with Crippen LogP contribution in [0.5, 0.6) is 0 Å². The van der Waals surface area contributed by atoms with E-state index in [1.165, 1.54) is 6.26 Å². The lowest BCUT2D eigenvalue weighted by molar-refractivity contribution is -0.141. The Hall–Kier alpha value is -2.63. The summed E-state index contributed by atoms with van der Waals surface area (Å²) in [7, 11) is 0. The minimum absolute atomic E-state index is 0.00489. The summed E-state index contributed by atoms with van der Waals surface area (Å²) in [6, 6.07) is 9.74. The predicted molar refractivity (Wildman–Crippen MR) is 69.9 cm³/mol.